The molecule has 1 aromatic rings. The summed E-state index contributed by atoms with van der Waals surface area (Å²) < 4.78 is 8.51. The first-order valence-electron chi connectivity index (χ1n) is 9.37. The van der Waals surface area contributed by atoms with Crippen molar-refractivity contribution >= 4 is 35.0 Å². The van der Waals surface area contributed by atoms with Crippen LogP contribution in [0.15, 0.2) is 86.7 Å². The Kier molecular flexibility index (Phi) is 3.52. The molecule has 1 aromatic heterocycles. The molecule has 8 bridgehead atoms. The van der Waals surface area contributed by atoms with Crippen LogP contribution in [0.1, 0.15) is 7.06 Å². The summed E-state index contributed by atoms with van der Waals surface area (Å²) in [7, 11) is 0. The number of hydrogen-bond donors (Lipinski definition) is 3. The van der Waals surface area contributed by atoms with Crippen molar-refractivity contribution in [1.29, 1.82) is 0 Å². The van der Waals surface area contributed by atoms with E-state index in [2.05, 4.69) is 20.0 Å². The first kappa shape index (κ1) is 15.3. The van der Waals surface area contributed by atoms with Gasteiger partial charge < -0.3 is 15.8 Å². The van der Waals surface area contributed by atoms with E-state index in [1.165, 1.54) is 0 Å². The lowest BCUT2D eigenvalue weighted by atomic mass is 10.2. The molecule has 4 aliphatic rings. The topological polar surface area (TPSA) is 99.1 Å². The van der Waals surface area contributed by atoms with Crippen LogP contribution in [0.5, 0.6) is 0 Å². The number of aliphatic imine (C=N–C) groups is 3. The molecule has 6 heteroatoms. The van der Waals surface area contributed by atoms with Crippen LogP contribution in [0.3, 0.4) is 0 Å². The Labute approximate surface area is 162 Å². The van der Waals surface area contributed by atoms with Crippen LogP contribution in [0.2, 0.25) is 0 Å². The predicted molar refractivity (Wildman–Crippen MR) is 113 cm³/mol. The van der Waals surface area contributed by atoms with Gasteiger partial charge in [-0.15, -0.1) is 0 Å². The maximum Gasteiger partial charge on any atom is 0.115 e. The van der Waals surface area contributed by atoms with Gasteiger partial charge in [0.2, 0.25) is 0 Å². The van der Waals surface area contributed by atoms with Gasteiger partial charge in [-0.05, 0) is 66.8 Å². The van der Waals surface area contributed by atoms with Crippen LogP contribution in [-0.2, 0) is 0 Å². The molecule has 0 saturated heterocycles. The molecule has 0 unspecified atom stereocenters. The molecule has 0 aliphatic carbocycles. The van der Waals surface area contributed by atoms with E-state index in [0.29, 0.717) is 27.7 Å². The van der Waals surface area contributed by atoms with E-state index >= 15 is 0 Å². The first-order chi connectivity index (χ1) is 14.1. The van der Waals surface area contributed by atoms with E-state index in [4.69, 9.17) is 7.10 Å². The molecule has 0 spiro atoms. The molecule has 4 N–H and O–H groups in total. The first-order valence-corrected chi connectivity index (χ1v) is 8.87. The van der Waals surface area contributed by atoms with Gasteiger partial charge in [-0.1, -0.05) is 0 Å². The Balaban J connectivity index is 1.79. The number of allylic oxidation sites excluding steroid dienone is 8. The minimum Gasteiger partial charge on any atom is -0.510 e. The highest BCUT2D eigenvalue weighted by atomic mass is 16.3. The maximum absolute atomic E-state index is 10.3. The molecule has 0 atom stereocenters. The second-order valence-electron chi connectivity index (χ2n) is 6.57. The highest BCUT2D eigenvalue weighted by molar-refractivity contribution is 6.20. The summed E-state index contributed by atoms with van der Waals surface area (Å²) in [5.41, 5.74) is 10.8. The van der Waals surface area contributed by atoms with Gasteiger partial charge in [-0.25, -0.2) is 15.0 Å². The molecule has 0 amide bonds. The molecule has 0 radical (unpaired) electrons. The van der Waals surface area contributed by atoms with Gasteiger partial charge in [0.1, 0.15) is 5.76 Å². The fraction of sp³-hybridized carbons (Fsp3) is 0.0455. The highest BCUT2D eigenvalue weighted by Gasteiger charge is 2.10. The zero-order valence-corrected chi connectivity index (χ0v) is 14.8. The lowest BCUT2D eigenvalue weighted by Gasteiger charge is -1.93. The van der Waals surface area contributed by atoms with Gasteiger partial charge in [0.15, 0.2) is 0 Å². The molecule has 4 aliphatic heterocycles. The van der Waals surface area contributed by atoms with E-state index in [1.54, 1.807) is 12.2 Å². The summed E-state index contributed by atoms with van der Waals surface area (Å²) in [6, 6.07) is 0.164. The third-order valence-electron chi connectivity index (χ3n) is 4.51. The second kappa shape index (κ2) is 6.44. The third-order valence-corrected chi connectivity index (χ3v) is 4.51. The zero-order chi connectivity index (χ0) is 20.0. The van der Waals surface area contributed by atoms with Gasteiger partial charge in [-0.2, -0.15) is 0 Å². The quantitative estimate of drug-likeness (QED) is 0.701. The monoisotopic (exact) mass is 368 g/mol. The molecule has 0 aromatic carbocycles. The number of nitrogens with one attached hydrogen (secondary N) is 1. The van der Waals surface area contributed by atoms with Crippen LogP contribution < -0.4 is 16.3 Å². The predicted octanol–water partition coefficient (Wildman–Crippen LogP) is 1.57. The minimum atomic E-state index is -0.0595. The summed E-state index contributed by atoms with van der Waals surface area (Å²) in [5.74, 6) is -0.0499. The average Bonchev–Trinajstić information content (AvgIpc) is 3.47. The molecule has 6 nitrogen and oxygen atoms in total. The Hall–Kier alpha value is -3.77. The Morgan fingerprint density at radius 1 is 0.857 bits per heavy atom. The number of nitrogens with two attached hydrogens (primary N) is 1. The van der Waals surface area contributed by atoms with Crippen molar-refractivity contribution in [2.45, 2.75) is 0 Å². The summed E-state index contributed by atoms with van der Waals surface area (Å²) in [6.07, 6.45) is 18.8. The number of nitrogens with zero attached hydrogens (tertiary/aromatic N) is 3. The summed E-state index contributed by atoms with van der Waals surface area (Å²) in [5, 5.41) is 11.3. The highest BCUT2D eigenvalue weighted by Crippen LogP contribution is 2.18. The summed E-state index contributed by atoms with van der Waals surface area (Å²) >= 11 is 0. The number of aromatic amines is 1. The van der Waals surface area contributed by atoms with Gasteiger partial charge >= 0.3 is 0 Å². The number of H-pyrrole nitrogens is 1. The van der Waals surface area contributed by atoms with Crippen LogP contribution >= 0.6 is 0 Å². The standard InChI is InChI=1S/C22H17N5O/c23-12-22(28)20-10-19-9-17-4-3-15(25-17)7-13-1-2-14(24-13)8-16-5-6-18(26-16)11-21(20)27-19/h1-11,27-28H,12,23H2/i10D. The molecule has 0 fully saturated rings. The number of aromatic nitrogens is 1. The lowest BCUT2D eigenvalue weighted by Crippen LogP contribution is -2.28. The molecule has 0 saturated carbocycles. The molecule has 5 rings (SSSR count). The second-order valence-corrected chi connectivity index (χ2v) is 6.57. The van der Waals surface area contributed by atoms with E-state index in [0.717, 1.165) is 22.8 Å². The van der Waals surface area contributed by atoms with Gasteiger partial charge in [0.25, 0.3) is 0 Å². The van der Waals surface area contributed by atoms with Crippen molar-refractivity contribution < 1.29 is 6.48 Å². The van der Waals surface area contributed by atoms with Crippen LogP contribution in [0.4, 0.5) is 0 Å². The van der Waals surface area contributed by atoms with Crippen LogP contribution in [0.25, 0.3) is 17.9 Å². The van der Waals surface area contributed by atoms with Crippen LogP contribution in [0, 0.1) is 0 Å². The minimum absolute atomic E-state index is 0.0499. The van der Waals surface area contributed by atoms with Gasteiger partial charge in [0.05, 0.1) is 47.5 Å². The van der Waals surface area contributed by atoms with Crippen molar-refractivity contribution in [3.8, 4) is 0 Å². The molecular formula is C22H17N5O. The Morgan fingerprint density at radius 2 is 1.39 bits per heavy atom. The molecule has 136 valence electrons. The zero-order valence-electron chi connectivity index (χ0n) is 15.8. The summed E-state index contributed by atoms with van der Waals surface area (Å²) in [6.45, 7) is -0.0595. The van der Waals surface area contributed by atoms with Gasteiger partial charge in [0, 0.05) is 10.9 Å². The van der Waals surface area contributed by atoms with Crippen molar-refractivity contribution in [3.05, 3.63) is 88.0 Å². The molecule has 5 heterocycles. The average molecular weight is 368 g/mol. The largest absolute Gasteiger partial charge is 0.510 e. The molecule has 28 heavy (non-hydrogen) atoms. The Bertz CT molecular complexity index is 1340. The SMILES string of the molecule is [2H]c1c2[nH]c(c1=C(O)CN)=CC1=NC(=CC3=NC(=CC4=NC(=C2)C=C4)C=C3)C=C1. The smallest absolute Gasteiger partial charge is 0.115 e. The maximum atomic E-state index is 10.3. The number of aliphatic hydroxyl groups excluding tert-OH is 1. The van der Waals surface area contributed by atoms with Crippen molar-refractivity contribution in [2.24, 2.45) is 20.7 Å². The van der Waals surface area contributed by atoms with Crippen LogP contribution in [-0.4, -0.2) is 33.8 Å². The van der Waals surface area contributed by atoms with E-state index in [-0.39, 0.29) is 18.3 Å². The number of fused-ring (bicyclic) bond motifs is 5. The van der Waals surface area contributed by atoms with Crippen molar-refractivity contribution in [1.82, 2.24) is 4.98 Å². The van der Waals surface area contributed by atoms with Crippen molar-refractivity contribution in [3.63, 3.8) is 0 Å². The third kappa shape index (κ3) is 3.06. The summed E-state index contributed by atoms with van der Waals surface area (Å²) in [4.78, 5) is 16.9. The molecular weight excluding hydrogens is 350 g/mol. The number of rotatable bonds is 1. The van der Waals surface area contributed by atoms with Crippen molar-refractivity contribution in [2.75, 3.05) is 6.54 Å². The van der Waals surface area contributed by atoms with E-state index in [9.17, 15) is 5.11 Å². The lowest BCUT2D eigenvalue weighted by molar-refractivity contribution is 0.490. The Morgan fingerprint density at radius 3 is 1.96 bits per heavy atom. The van der Waals surface area contributed by atoms with Gasteiger partial charge in [-0.3, -0.25) is 0 Å². The fourth-order valence-electron chi connectivity index (χ4n) is 3.22. The number of hydrogen-bond acceptors (Lipinski definition) is 5. The normalized spacial score (nSPS) is 20.7. The van der Waals surface area contributed by atoms with E-state index in [1.807, 2.05) is 48.6 Å². The fourth-order valence-corrected chi connectivity index (χ4v) is 3.22. The number of aliphatic hydroxyl groups is 1. The van der Waals surface area contributed by atoms with E-state index < -0.39 is 0 Å².